The Balaban J connectivity index is 1.49. The van der Waals surface area contributed by atoms with Gasteiger partial charge in [-0.3, -0.25) is 9.78 Å². The first-order chi connectivity index (χ1) is 13.6. The molecule has 1 fully saturated rings. The van der Waals surface area contributed by atoms with E-state index in [1.54, 1.807) is 6.20 Å². The van der Waals surface area contributed by atoms with E-state index in [1.165, 1.54) is 0 Å². The van der Waals surface area contributed by atoms with E-state index in [0.29, 0.717) is 29.7 Å². The van der Waals surface area contributed by atoms with Crippen molar-refractivity contribution in [1.82, 2.24) is 4.98 Å². The van der Waals surface area contributed by atoms with Crippen LogP contribution in [0, 0.1) is 18.8 Å². The van der Waals surface area contributed by atoms with Crippen LogP contribution in [0.1, 0.15) is 41.3 Å². The molecule has 0 saturated heterocycles. The van der Waals surface area contributed by atoms with Gasteiger partial charge in [-0.1, -0.05) is 23.7 Å². The van der Waals surface area contributed by atoms with Crippen molar-refractivity contribution in [1.29, 1.82) is 0 Å². The minimum atomic E-state index is -0.241. The third-order valence-electron chi connectivity index (χ3n) is 5.30. The van der Waals surface area contributed by atoms with Gasteiger partial charge in [0, 0.05) is 29.1 Å². The second-order valence-corrected chi connectivity index (χ2v) is 7.56. The molecule has 6 nitrogen and oxygen atoms in total. The number of ether oxygens (including phenoxy) is 2. The zero-order chi connectivity index (χ0) is 19.7. The number of hydrogen-bond donors (Lipinski definition) is 0. The Labute approximate surface area is 168 Å². The fourth-order valence-electron chi connectivity index (χ4n) is 3.63. The average Bonchev–Trinajstić information content (AvgIpc) is 3.34. The van der Waals surface area contributed by atoms with E-state index < -0.39 is 0 Å². The summed E-state index contributed by atoms with van der Waals surface area (Å²) in [6, 6.07) is 7.53. The van der Waals surface area contributed by atoms with E-state index in [2.05, 4.69) is 16.9 Å². The van der Waals surface area contributed by atoms with Gasteiger partial charge in [0.25, 0.3) is 0 Å². The Bertz CT molecular complexity index is 900. The average molecular weight is 401 g/mol. The number of esters is 1. The van der Waals surface area contributed by atoms with Crippen LogP contribution in [0.5, 0.6) is 5.75 Å². The minimum absolute atomic E-state index is 0.0990. The second-order valence-electron chi connectivity index (χ2n) is 7.12. The number of oxime groups is 1. The predicted molar refractivity (Wildman–Crippen MR) is 104 cm³/mol. The van der Waals surface area contributed by atoms with Gasteiger partial charge >= 0.3 is 5.97 Å². The summed E-state index contributed by atoms with van der Waals surface area (Å²) in [6.07, 6.45) is 3.14. The lowest BCUT2D eigenvalue weighted by molar-refractivity contribution is -0.136. The molecule has 2 heterocycles. The molecule has 0 N–H and O–H groups in total. The first-order valence-electron chi connectivity index (χ1n) is 9.23. The number of halogens is 1. The largest absolute Gasteiger partial charge is 0.424 e. The summed E-state index contributed by atoms with van der Waals surface area (Å²) < 4.78 is 11.8. The number of carbonyl (C=O) groups is 1. The smallest absolute Gasteiger partial charge is 0.314 e. The maximum Gasteiger partial charge on any atom is 0.314 e. The van der Waals surface area contributed by atoms with Crippen LogP contribution >= 0.6 is 11.6 Å². The molecule has 3 atom stereocenters. The quantitative estimate of drug-likeness (QED) is 0.301. The molecule has 7 heteroatoms. The van der Waals surface area contributed by atoms with Gasteiger partial charge in [0.2, 0.25) is 0 Å². The summed E-state index contributed by atoms with van der Waals surface area (Å²) in [4.78, 5) is 21.9. The molecule has 146 valence electrons. The fourth-order valence-corrected chi connectivity index (χ4v) is 3.76. The molecule has 1 saturated carbocycles. The number of hydrogen-bond acceptors (Lipinski definition) is 6. The van der Waals surface area contributed by atoms with Crippen LogP contribution in [0.15, 0.2) is 35.6 Å². The standard InChI is InChI=1S/C21H21ClN2O4/c1-12-19(28-21(25)16-9-14(16)7-8-27-23-2)18-11-26-20(17(18)10-24-12)13-3-5-15(22)6-4-13/h3-6,10,14,16,20H,2,7-9,11H2,1H3/t14-,16+,20+/m1/s1. The van der Waals surface area contributed by atoms with Crippen molar-refractivity contribution in [3.05, 3.63) is 57.9 Å². The highest BCUT2D eigenvalue weighted by Crippen LogP contribution is 2.44. The molecule has 0 bridgehead atoms. The lowest BCUT2D eigenvalue weighted by atomic mass is 10.0. The highest BCUT2D eigenvalue weighted by atomic mass is 35.5. The molecule has 1 aromatic heterocycles. The van der Waals surface area contributed by atoms with E-state index in [1.807, 2.05) is 31.2 Å². The normalized spacial score (nSPS) is 22.4. The van der Waals surface area contributed by atoms with Crippen molar-refractivity contribution in [2.24, 2.45) is 17.0 Å². The van der Waals surface area contributed by atoms with Crippen molar-refractivity contribution in [2.45, 2.75) is 32.5 Å². The summed E-state index contributed by atoms with van der Waals surface area (Å²) in [6.45, 7) is 5.96. The molecule has 2 aromatic rings. The fraction of sp³-hybridized carbons (Fsp3) is 0.381. The minimum Gasteiger partial charge on any atom is -0.424 e. The number of pyridine rings is 1. The van der Waals surface area contributed by atoms with Gasteiger partial charge < -0.3 is 14.3 Å². The Morgan fingerprint density at radius 1 is 1.39 bits per heavy atom. The number of aryl methyl sites for hydroxylation is 1. The van der Waals surface area contributed by atoms with Crippen molar-refractivity contribution in [2.75, 3.05) is 6.61 Å². The first-order valence-corrected chi connectivity index (χ1v) is 9.61. The van der Waals surface area contributed by atoms with E-state index in [0.717, 1.165) is 29.5 Å². The van der Waals surface area contributed by atoms with Crippen LogP contribution in [-0.2, 0) is 21.0 Å². The van der Waals surface area contributed by atoms with Crippen molar-refractivity contribution in [3.8, 4) is 5.75 Å². The first kappa shape index (κ1) is 18.9. The second kappa shape index (κ2) is 7.89. The molecule has 1 aliphatic heterocycles. The summed E-state index contributed by atoms with van der Waals surface area (Å²) in [7, 11) is 0. The number of carbonyl (C=O) groups excluding carboxylic acids is 1. The zero-order valence-corrected chi connectivity index (χ0v) is 16.3. The topological polar surface area (TPSA) is 70.0 Å². The Hall–Kier alpha value is -2.44. The van der Waals surface area contributed by atoms with Crippen LogP contribution < -0.4 is 4.74 Å². The van der Waals surface area contributed by atoms with Gasteiger partial charge in [-0.05, 0) is 43.4 Å². The van der Waals surface area contributed by atoms with Crippen molar-refractivity contribution >= 4 is 24.3 Å². The predicted octanol–water partition coefficient (Wildman–Crippen LogP) is 4.23. The van der Waals surface area contributed by atoms with E-state index in [9.17, 15) is 4.79 Å². The molecule has 0 spiro atoms. The molecule has 1 aliphatic carbocycles. The molecule has 4 rings (SSSR count). The van der Waals surface area contributed by atoms with Gasteiger partial charge in [-0.2, -0.15) is 0 Å². The SMILES string of the molecule is C=NOCC[C@@H]1C[C@@H]1C(=O)Oc1c(C)ncc2c1CO[C@H]2c1ccc(Cl)cc1. The van der Waals surface area contributed by atoms with Crippen LogP contribution in [0.4, 0.5) is 0 Å². The Morgan fingerprint density at radius 3 is 2.93 bits per heavy atom. The van der Waals surface area contributed by atoms with E-state index in [4.69, 9.17) is 25.9 Å². The number of rotatable bonds is 7. The van der Waals surface area contributed by atoms with Crippen LogP contribution in [0.25, 0.3) is 0 Å². The number of benzene rings is 1. The molecule has 0 radical (unpaired) electrons. The third-order valence-corrected chi connectivity index (χ3v) is 5.55. The summed E-state index contributed by atoms with van der Waals surface area (Å²) in [5.74, 6) is 0.480. The monoisotopic (exact) mass is 400 g/mol. The molecule has 0 amide bonds. The number of aromatic nitrogens is 1. The maximum atomic E-state index is 12.6. The van der Waals surface area contributed by atoms with Crippen LogP contribution in [0.3, 0.4) is 0 Å². The van der Waals surface area contributed by atoms with Gasteiger partial charge in [-0.15, -0.1) is 5.16 Å². The molecule has 1 aromatic carbocycles. The number of fused-ring (bicyclic) bond motifs is 1. The molecule has 28 heavy (non-hydrogen) atoms. The van der Waals surface area contributed by atoms with Gasteiger partial charge in [-0.25, -0.2) is 0 Å². The van der Waals surface area contributed by atoms with Gasteiger partial charge in [0.05, 0.1) is 18.2 Å². The lowest BCUT2D eigenvalue weighted by Gasteiger charge is -2.13. The highest BCUT2D eigenvalue weighted by molar-refractivity contribution is 6.30. The third kappa shape index (κ3) is 3.75. The number of nitrogens with zero attached hydrogens (tertiary/aromatic N) is 2. The van der Waals surface area contributed by atoms with Crippen molar-refractivity contribution in [3.63, 3.8) is 0 Å². The summed E-state index contributed by atoms with van der Waals surface area (Å²) >= 11 is 5.98. The summed E-state index contributed by atoms with van der Waals surface area (Å²) in [5.41, 5.74) is 3.48. The van der Waals surface area contributed by atoms with Crippen LogP contribution in [0.2, 0.25) is 5.02 Å². The zero-order valence-electron chi connectivity index (χ0n) is 15.6. The van der Waals surface area contributed by atoms with Gasteiger partial charge in [0.1, 0.15) is 12.7 Å². The maximum absolute atomic E-state index is 12.6. The summed E-state index contributed by atoms with van der Waals surface area (Å²) in [5, 5.41) is 4.04. The molecule has 0 unspecified atom stereocenters. The molecular formula is C21H21ClN2O4. The van der Waals surface area contributed by atoms with Crippen LogP contribution in [-0.4, -0.2) is 24.3 Å². The van der Waals surface area contributed by atoms with Crippen molar-refractivity contribution < 1.29 is 19.1 Å². The Morgan fingerprint density at radius 2 is 2.18 bits per heavy atom. The molecular weight excluding hydrogens is 380 g/mol. The van der Waals surface area contributed by atoms with Gasteiger partial charge in [0.15, 0.2) is 5.75 Å². The van der Waals surface area contributed by atoms with E-state index in [-0.39, 0.29) is 23.9 Å². The highest BCUT2D eigenvalue weighted by Gasteiger charge is 2.44. The molecule has 2 aliphatic rings. The Kier molecular flexibility index (Phi) is 5.33. The lowest BCUT2D eigenvalue weighted by Crippen LogP contribution is -2.14. The van der Waals surface area contributed by atoms with E-state index >= 15 is 0 Å².